The second-order valence-corrected chi connectivity index (χ2v) is 6.14. The number of nitrogens with one attached hydrogen (secondary N) is 1. The monoisotopic (exact) mass is 325 g/mol. The summed E-state index contributed by atoms with van der Waals surface area (Å²) >= 11 is 12.3. The Bertz CT molecular complexity index is 616. The summed E-state index contributed by atoms with van der Waals surface area (Å²) in [6.07, 6.45) is 4.65. The fraction of sp³-hybridized carbons (Fsp3) is 0.400. The maximum atomic E-state index is 6.21. The van der Waals surface area contributed by atoms with Crippen LogP contribution < -0.4 is 10.1 Å². The van der Waals surface area contributed by atoms with E-state index in [0.29, 0.717) is 16.7 Å². The van der Waals surface area contributed by atoms with E-state index in [4.69, 9.17) is 27.9 Å². The second kappa shape index (κ2) is 6.26. The van der Waals surface area contributed by atoms with Crippen LogP contribution in [0.1, 0.15) is 24.9 Å². The Kier molecular flexibility index (Phi) is 4.38. The van der Waals surface area contributed by atoms with Gasteiger partial charge in [0.2, 0.25) is 0 Å². The molecule has 1 N–H and O–H groups in total. The third kappa shape index (κ3) is 3.34. The summed E-state index contributed by atoms with van der Waals surface area (Å²) in [5, 5.41) is 9.05. The van der Waals surface area contributed by atoms with Gasteiger partial charge in [-0.2, -0.15) is 5.10 Å². The smallest absolute Gasteiger partial charge is 0.142 e. The molecule has 2 unspecified atom stereocenters. The summed E-state index contributed by atoms with van der Waals surface area (Å²) in [5.41, 5.74) is 1.03. The molecule has 2 aromatic rings. The molecule has 1 aromatic heterocycles. The second-order valence-electron chi connectivity index (χ2n) is 5.29. The van der Waals surface area contributed by atoms with Gasteiger partial charge in [-0.05, 0) is 25.1 Å². The summed E-state index contributed by atoms with van der Waals surface area (Å²) < 4.78 is 7.60. The standard InChI is InChI=1S/C15H17Cl2N3O/c1-10(9-20-5-2-4-18-20)19-14-3-6-21-15-12(14)7-11(16)8-13(15)17/h2,4-5,7-8,10,14,19H,3,6,9H2,1H3. The Hall–Kier alpha value is -1.23. The van der Waals surface area contributed by atoms with E-state index in [9.17, 15) is 0 Å². The molecule has 4 nitrogen and oxygen atoms in total. The van der Waals surface area contributed by atoms with Crippen molar-refractivity contribution in [1.29, 1.82) is 0 Å². The van der Waals surface area contributed by atoms with E-state index in [0.717, 1.165) is 24.3 Å². The molecule has 0 saturated carbocycles. The minimum atomic E-state index is 0.190. The van der Waals surface area contributed by atoms with Crippen LogP contribution in [-0.4, -0.2) is 22.4 Å². The Balaban J connectivity index is 1.75. The van der Waals surface area contributed by atoms with Crippen LogP contribution in [-0.2, 0) is 6.54 Å². The van der Waals surface area contributed by atoms with E-state index in [-0.39, 0.29) is 12.1 Å². The highest BCUT2D eigenvalue weighted by atomic mass is 35.5. The van der Waals surface area contributed by atoms with Crippen LogP contribution in [0.4, 0.5) is 0 Å². The van der Waals surface area contributed by atoms with Crippen LogP contribution in [0.3, 0.4) is 0 Å². The Morgan fingerprint density at radius 3 is 3.10 bits per heavy atom. The predicted octanol–water partition coefficient (Wildman–Crippen LogP) is 3.69. The van der Waals surface area contributed by atoms with Crippen molar-refractivity contribution < 1.29 is 4.74 Å². The fourth-order valence-electron chi connectivity index (χ4n) is 2.68. The van der Waals surface area contributed by atoms with Crippen molar-refractivity contribution in [3.8, 4) is 5.75 Å². The topological polar surface area (TPSA) is 39.1 Å². The fourth-order valence-corrected chi connectivity index (χ4v) is 3.25. The number of hydrogen-bond donors (Lipinski definition) is 1. The molecule has 6 heteroatoms. The van der Waals surface area contributed by atoms with Crippen LogP contribution in [0, 0.1) is 0 Å². The molecule has 2 atom stereocenters. The molecule has 0 spiro atoms. The lowest BCUT2D eigenvalue weighted by Gasteiger charge is -2.30. The molecular weight excluding hydrogens is 309 g/mol. The van der Waals surface area contributed by atoms with Crippen LogP contribution in [0.2, 0.25) is 10.0 Å². The zero-order valence-corrected chi connectivity index (χ0v) is 13.2. The molecule has 1 aromatic carbocycles. The highest BCUT2D eigenvalue weighted by Crippen LogP contribution is 2.40. The number of hydrogen-bond acceptors (Lipinski definition) is 3. The average Bonchev–Trinajstić information content (AvgIpc) is 2.92. The quantitative estimate of drug-likeness (QED) is 0.931. The highest BCUT2D eigenvalue weighted by Gasteiger charge is 2.25. The molecule has 0 fully saturated rings. The Labute approximate surface area is 134 Å². The Morgan fingerprint density at radius 2 is 2.33 bits per heavy atom. The number of aromatic nitrogens is 2. The van der Waals surface area contributed by atoms with Crippen molar-refractivity contribution in [2.45, 2.75) is 32.0 Å². The molecule has 1 aliphatic rings. The average molecular weight is 326 g/mol. The SMILES string of the molecule is CC(Cn1cccn1)NC1CCOc2c(Cl)cc(Cl)cc21. The lowest BCUT2D eigenvalue weighted by Crippen LogP contribution is -2.36. The van der Waals surface area contributed by atoms with E-state index in [1.165, 1.54) is 0 Å². The van der Waals surface area contributed by atoms with E-state index in [2.05, 4.69) is 17.3 Å². The van der Waals surface area contributed by atoms with Crippen molar-refractivity contribution in [2.24, 2.45) is 0 Å². The first kappa shape index (κ1) is 14.7. The maximum absolute atomic E-state index is 6.21. The van der Waals surface area contributed by atoms with Gasteiger partial charge in [-0.1, -0.05) is 23.2 Å². The van der Waals surface area contributed by atoms with E-state index >= 15 is 0 Å². The lowest BCUT2D eigenvalue weighted by molar-refractivity contribution is 0.241. The van der Waals surface area contributed by atoms with Gasteiger partial charge in [-0.15, -0.1) is 0 Å². The molecule has 0 amide bonds. The molecule has 0 saturated heterocycles. The van der Waals surface area contributed by atoms with Crippen LogP contribution >= 0.6 is 23.2 Å². The molecule has 2 heterocycles. The molecule has 112 valence electrons. The number of fused-ring (bicyclic) bond motifs is 1. The van der Waals surface area contributed by atoms with Crippen molar-refractivity contribution in [3.63, 3.8) is 0 Å². The molecule has 21 heavy (non-hydrogen) atoms. The first-order valence-corrected chi connectivity index (χ1v) is 7.74. The summed E-state index contributed by atoms with van der Waals surface area (Å²) in [6, 6.07) is 6.04. The molecule has 0 aliphatic carbocycles. The first-order chi connectivity index (χ1) is 10.1. The van der Waals surface area contributed by atoms with Gasteiger partial charge in [0.05, 0.1) is 18.2 Å². The van der Waals surface area contributed by atoms with Crippen molar-refractivity contribution >= 4 is 23.2 Å². The zero-order chi connectivity index (χ0) is 14.8. The predicted molar refractivity (Wildman–Crippen MR) is 84.1 cm³/mol. The van der Waals surface area contributed by atoms with Crippen LogP contribution in [0.25, 0.3) is 0 Å². The van der Waals surface area contributed by atoms with Gasteiger partial charge in [-0.3, -0.25) is 4.68 Å². The van der Waals surface area contributed by atoms with Crippen molar-refractivity contribution in [2.75, 3.05) is 6.61 Å². The largest absolute Gasteiger partial charge is 0.492 e. The number of ether oxygens (including phenoxy) is 1. The number of rotatable bonds is 4. The summed E-state index contributed by atoms with van der Waals surface area (Å²) in [5.74, 6) is 0.746. The van der Waals surface area contributed by atoms with Gasteiger partial charge in [-0.25, -0.2) is 0 Å². The van der Waals surface area contributed by atoms with Gasteiger partial charge < -0.3 is 10.1 Å². The van der Waals surface area contributed by atoms with Gasteiger partial charge >= 0.3 is 0 Å². The van der Waals surface area contributed by atoms with Crippen LogP contribution in [0.5, 0.6) is 5.75 Å². The lowest BCUT2D eigenvalue weighted by atomic mass is 9.99. The van der Waals surface area contributed by atoms with Crippen molar-refractivity contribution in [3.05, 3.63) is 46.2 Å². The first-order valence-electron chi connectivity index (χ1n) is 6.98. The van der Waals surface area contributed by atoms with Gasteiger partial charge in [0.15, 0.2) is 0 Å². The minimum Gasteiger partial charge on any atom is -0.492 e. The van der Waals surface area contributed by atoms with E-state index in [1.54, 1.807) is 12.3 Å². The van der Waals surface area contributed by atoms with Gasteiger partial charge in [0.25, 0.3) is 0 Å². The number of halogens is 2. The minimum absolute atomic E-state index is 0.190. The Morgan fingerprint density at radius 1 is 1.48 bits per heavy atom. The number of nitrogens with zero attached hydrogens (tertiary/aromatic N) is 2. The number of benzene rings is 1. The third-order valence-electron chi connectivity index (χ3n) is 3.57. The van der Waals surface area contributed by atoms with Gasteiger partial charge in [0.1, 0.15) is 5.75 Å². The third-order valence-corrected chi connectivity index (χ3v) is 4.07. The summed E-state index contributed by atoms with van der Waals surface area (Å²) in [7, 11) is 0. The highest BCUT2D eigenvalue weighted by molar-refractivity contribution is 6.35. The molecule has 1 aliphatic heterocycles. The molecular formula is C15H17Cl2N3O. The van der Waals surface area contributed by atoms with Crippen molar-refractivity contribution in [1.82, 2.24) is 15.1 Å². The maximum Gasteiger partial charge on any atom is 0.142 e. The van der Waals surface area contributed by atoms with Gasteiger partial charge in [0, 0.05) is 41.5 Å². The molecule has 3 rings (SSSR count). The summed E-state index contributed by atoms with van der Waals surface area (Å²) in [4.78, 5) is 0. The van der Waals surface area contributed by atoms with E-state index < -0.39 is 0 Å². The summed E-state index contributed by atoms with van der Waals surface area (Å²) in [6.45, 7) is 3.61. The molecule has 0 bridgehead atoms. The van der Waals surface area contributed by atoms with E-state index in [1.807, 2.05) is 23.0 Å². The zero-order valence-electron chi connectivity index (χ0n) is 11.7. The normalized spacial score (nSPS) is 18.9. The molecule has 0 radical (unpaired) electrons. The van der Waals surface area contributed by atoms with Crippen LogP contribution in [0.15, 0.2) is 30.6 Å².